The van der Waals surface area contributed by atoms with Gasteiger partial charge in [-0.2, -0.15) is 0 Å². The zero-order valence-electron chi connectivity index (χ0n) is 10.1. The van der Waals surface area contributed by atoms with Crippen LogP contribution in [0.5, 0.6) is 5.75 Å². The van der Waals surface area contributed by atoms with E-state index in [9.17, 15) is 0 Å². The van der Waals surface area contributed by atoms with Crippen LogP contribution in [0.25, 0.3) is 10.9 Å². The van der Waals surface area contributed by atoms with Crippen molar-refractivity contribution in [3.05, 3.63) is 29.5 Å². The minimum absolute atomic E-state index is 0.922. The predicted molar refractivity (Wildman–Crippen MR) is 67.2 cm³/mol. The van der Waals surface area contributed by atoms with Gasteiger partial charge in [-0.3, -0.25) is 0 Å². The van der Waals surface area contributed by atoms with Gasteiger partial charge in [0.15, 0.2) is 0 Å². The molecule has 86 valence electrons. The van der Waals surface area contributed by atoms with Gasteiger partial charge in [0.1, 0.15) is 5.75 Å². The molecule has 0 aliphatic heterocycles. The van der Waals surface area contributed by atoms with Crippen molar-refractivity contribution in [3.63, 3.8) is 0 Å². The lowest BCUT2D eigenvalue weighted by molar-refractivity contribution is 0.418. The fraction of sp³-hybridized carbons (Fsp3) is 0.385. The number of rotatable bonds is 4. The van der Waals surface area contributed by atoms with Crippen LogP contribution in [-0.2, 0) is 6.42 Å². The Labute approximate surface area is 95.8 Å². The minimum atomic E-state index is 0.922. The third-order valence-corrected chi connectivity index (χ3v) is 2.76. The van der Waals surface area contributed by atoms with Crippen molar-refractivity contribution in [2.24, 2.45) is 0 Å². The molecule has 0 radical (unpaired) electrons. The predicted octanol–water partition coefficient (Wildman–Crippen LogP) is 2.25. The lowest BCUT2D eigenvalue weighted by Crippen LogP contribution is -2.10. The Morgan fingerprint density at radius 2 is 2.12 bits per heavy atom. The van der Waals surface area contributed by atoms with Crippen LogP contribution in [-0.4, -0.2) is 25.7 Å². The van der Waals surface area contributed by atoms with E-state index in [1.54, 1.807) is 7.11 Å². The summed E-state index contributed by atoms with van der Waals surface area (Å²) >= 11 is 0. The van der Waals surface area contributed by atoms with Crippen molar-refractivity contribution in [2.45, 2.75) is 13.3 Å². The number of aryl methyl sites for hydroxylation is 1. The summed E-state index contributed by atoms with van der Waals surface area (Å²) in [5, 5.41) is 4.37. The number of aromatic nitrogens is 1. The average molecular weight is 218 g/mol. The van der Waals surface area contributed by atoms with Gasteiger partial charge in [-0.15, -0.1) is 0 Å². The second-order valence-corrected chi connectivity index (χ2v) is 4.08. The molecule has 0 unspecified atom stereocenters. The first-order valence-electron chi connectivity index (χ1n) is 5.55. The number of ether oxygens (including phenoxy) is 1. The van der Waals surface area contributed by atoms with Gasteiger partial charge in [-0.1, -0.05) is 0 Å². The van der Waals surface area contributed by atoms with E-state index in [1.165, 1.54) is 16.6 Å². The zero-order valence-corrected chi connectivity index (χ0v) is 10.1. The highest BCUT2D eigenvalue weighted by molar-refractivity contribution is 5.87. The summed E-state index contributed by atoms with van der Waals surface area (Å²) in [4.78, 5) is 3.41. The number of nitrogens with one attached hydrogen (secondary N) is 2. The third-order valence-electron chi connectivity index (χ3n) is 2.76. The molecule has 16 heavy (non-hydrogen) atoms. The standard InChI is InChI=1S/C13H18N2O/c1-9-6-10-8-11(4-5-14-2)15-13(10)12(7-9)16-3/h6-8,14-15H,4-5H2,1-3H3. The lowest BCUT2D eigenvalue weighted by atomic mass is 10.1. The van der Waals surface area contributed by atoms with Crippen molar-refractivity contribution >= 4 is 10.9 Å². The largest absolute Gasteiger partial charge is 0.495 e. The molecular weight excluding hydrogens is 200 g/mol. The van der Waals surface area contributed by atoms with Crippen molar-refractivity contribution < 1.29 is 4.74 Å². The van der Waals surface area contributed by atoms with E-state index >= 15 is 0 Å². The first-order valence-corrected chi connectivity index (χ1v) is 5.55. The second kappa shape index (κ2) is 4.58. The van der Waals surface area contributed by atoms with E-state index in [1.807, 2.05) is 7.05 Å². The van der Waals surface area contributed by atoms with Crippen LogP contribution < -0.4 is 10.1 Å². The summed E-state index contributed by atoms with van der Waals surface area (Å²) < 4.78 is 5.38. The van der Waals surface area contributed by atoms with E-state index in [4.69, 9.17) is 4.74 Å². The minimum Gasteiger partial charge on any atom is -0.495 e. The van der Waals surface area contributed by atoms with E-state index < -0.39 is 0 Å². The summed E-state index contributed by atoms with van der Waals surface area (Å²) in [5.41, 5.74) is 3.57. The summed E-state index contributed by atoms with van der Waals surface area (Å²) in [6, 6.07) is 6.43. The van der Waals surface area contributed by atoms with Crippen molar-refractivity contribution in [3.8, 4) is 5.75 Å². The molecule has 0 aliphatic rings. The molecule has 0 amide bonds. The quantitative estimate of drug-likeness (QED) is 0.826. The Hall–Kier alpha value is -1.48. The van der Waals surface area contributed by atoms with Gasteiger partial charge < -0.3 is 15.0 Å². The van der Waals surface area contributed by atoms with Crippen LogP contribution in [0.1, 0.15) is 11.3 Å². The molecule has 1 aromatic carbocycles. The summed E-state index contributed by atoms with van der Waals surface area (Å²) in [6.07, 6.45) is 1.01. The highest BCUT2D eigenvalue weighted by Gasteiger charge is 2.06. The third kappa shape index (κ3) is 2.04. The molecule has 0 fully saturated rings. The highest BCUT2D eigenvalue weighted by Crippen LogP contribution is 2.27. The molecule has 2 rings (SSSR count). The number of aromatic amines is 1. The zero-order chi connectivity index (χ0) is 11.5. The number of fused-ring (bicyclic) bond motifs is 1. The second-order valence-electron chi connectivity index (χ2n) is 4.08. The summed E-state index contributed by atoms with van der Waals surface area (Å²) in [5.74, 6) is 0.922. The Balaban J connectivity index is 2.43. The summed E-state index contributed by atoms with van der Waals surface area (Å²) in [7, 11) is 3.68. The van der Waals surface area contributed by atoms with Crippen LogP contribution in [0.3, 0.4) is 0 Å². The number of benzene rings is 1. The normalized spacial score (nSPS) is 10.9. The molecular formula is C13H18N2O. The number of likely N-dealkylation sites (N-methyl/N-ethyl adjacent to an activating group) is 1. The maximum absolute atomic E-state index is 5.38. The van der Waals surface area contributed by atoms with Crippen molar-refractivity contribution in [1.29, 1.82) is 0 Å². The SMILES string of the molecule is CNCCc1cc2cc(C)cc(OC)c2[nH]1. The number of H-pyrrole nitrogens is 1. The number of hydrogen-bond donors (Lipinski definition) is 2. The molecule has 2 aromatic rings. The van der Waals surface area contributed by atoms with Gasteiger partial charge >= 0.3 is 0 Å². The van der Waals surface area contributed by atoms with Gasteiger partial charge in [0, 0.05) is 17.6 Å². The lowest BCUT2D eigenvalue weighted by Gasteiger charge is -2.02. The smallest absolute Gasteiger partial charge is 0.143 e. The first kappa shape index (κ1) is 11.0. The monoisotopic (exact) mass is 218 g/mol. The van der Waals surface area contributed by atoms with Crippen LogP contribution in [0, 0.1) is 6.92 Å². The molecule has 3 heteroatoms. The van der Waals surface area contributed by atoms with Crippen LogP contribution >= 0.6 is 0 Å². The van der Waals surface area contributed by atoms with E-state index in [0.717, 1.165) is 24.2 Å². The Morgan fingerprint density at radius 3 is 2.81 bits per heavy atom. The van der Waals surface area contributed by atoms with Crippen molar-refractivity contribution in [1.82, 2.24) is 10.3 Å². The van der Waals surface area contributed by atoms with Gasteiger partial charge in [0.05, 0.1) is 12.6 Å². The molecule has 0 saturated heterocycles. The fourth-order valence-electron chi connectivity index (χ4n) is 1.97. The Morgan fingerprint density at radius 1 is 1.31 bits per heavy atom. The Bertz CT molecular complexity index is 488. The number of hydrogen-bond acceptors (Lipinski definition) is 2. The molecule has 0 spiro atoms. The van der Waals surface area contributed by atoms with E-state index in [2.05, 4.69) is 35.4 Å². The van der Waals surface area contributed by atoms with Crippen LogP contribution in [0.4, 0.5) is 0 Å². The Kier molecular flexibility index (Phi) is 3.15. The fourth-order valence-corrected chi connectivity index (χ4v) is 1.97. The molecule has 1 heterocycles. The van der Waals surface area contributed by atoms with Gasteiger partial charge in [0.25, 0.3) is 0 Å². The van der Waals surface area contributed by atoms with Crippen LogP contribution in [0.15, 0.2) is 18.2 Å². The van der Waals surface area contributed by atoms with Crippen molar-refractivity contribution in [2.75, 3.05) is 20.7 Å². The van der Waals surface area contributed by atoms with Crippen LogP contribution in [0.2, 0.25) is 0 Å². The van der Waals surface area contributed by atoms with E-state index in [-0.39, 0.29) is 0 Å². The van der Waals surface area contributed by atoms with Gasteiger partial charge in [-0.25, -0.2) is 0 Å². The maximum Gasteiger partial charge on any atom is 0.143 e. The molecule has 0 aliphatic carbocycles. The molecule has 3 nitrogen and oxygen atoms in total. The first-order chi connectivity index (χ1) is 7.74. The topological polar surface area (TPSA) is 37.0 Å². The molecule has 0 saturated carbocycles. The molecule has 0 bridgehead atoms. The molecule has 2 N–H and O–H groups in total. The van der Waals surface area contributed by atoms with Gasteiger partial charge in [0.2, 0.25) is 0 Å². The molecule has 1 aromatic heterocycles. The maximum atomic E-state index is 5.38. The van der Waals surface area contributed by atoms with E-state index in [0.29, 0.717) is 0 Å². The average Bonchev–Trinajstić information content (AvgIpc) is 2.67. The highest BCUT2D eigenvalue weighted by atomic mass is 16.5. The number of methoxy groups -OCH3 is 1. The van der Waals surface area contributed by atoms with Gasteiger partial charge in [-0.05, 0) is 44.2 Å². The molecule has 0 atom stereocenters. The summed E-state index contributed by atoms with van der Waals surface area (Å²) in [6.45, 7) is 3.07.